The number of carbonyl (C=O) groups excluding carboxylic acids is 2. The van der Waals surface area contributed by atoms with E-state index in [-0.39, 0.29) is 18.9 Å². The molecule has 3 aromatic rings. The second kappa shape index (κ2) is 9.92. The molecule has 2 N–H and O–H groups in total. The number of hydrazine groups is 1. The number of benzene rings is 3. The fourth-order valence-electron chi connectivity index (χ4n) is 2.75. The van der Waals surface area contributed by atoms with Crippen molar-refractivity contribution >= 4 is 11.8 Å². The van der Waals surface area contributed by atoms with Crippen molar-refractivity contribution in [3.8, 4) is 5.75 Å². The van der Waals surface area contributed by atoms with Crippen molar-refractivity contribution < 1.29 is 14.3 Å². The van der Waals surface area contributed by atoms with E-state index in [0.717, 1.165) is 16.7 Å². The molecule has 5 heteroatoms. The van der Waals surface area contributed by atoms with Crippen LogP contribution >= 0.6 is 0 Å². The highest BCUT2D eigenvalue weighted by Crippen LogP contribution is 2.21. The van der Waals surface area contributed by atoms with Gasteiger partial charge >= 0.3 is 0 Å². The Balaban J connectivity index is 1.47. The normalized spacial score (nSPS) is 10.1. The van der Waals surface area contributed by atoms with Crippen molar-refractivity contribution in [2.45, 2.75) is 12.8 Å². The summed E-state index contributed by atoms with van der Waals surface area (Å²) >= 11 is 0. The van der Waals surface area contributed by atoms with Crippen LogP contribution in [0.25, 0.3) is 0 Å². The third-order valence-corrected chi connectivity index (χ3v) is 4.12. The summed E-state index contributed by atoms with van der Waals surface area (Å²) in [5.74, 6) is -0.0583. The number of para-hydroxylation sites is 1. The average Bonchev–Trinajstić information content (AvgIpc) is 2.73. The van der Waals surface area contributed by atoms with Crippen molar-refractivity contribution in [2.24, 2.45) is 0 Å². The quantitative estimate of drug-likeness (QED) is 0.625. The third kappa shape index (κ3) is 5.99. The second-order valence-electron chi connectivity index (χ2n) is 6.32. The minimum Gasteiger partial charge on any atom is -0.483 e. The van der Waals surface area contributed by atoms with Crippen molar-refractivity contribution in [3.05, 3.63) is 102 Å². The van der Waals surface area contributed by atoms with Crippen LogP contribution in [0.2, 0.25) is 0 Å². The van der Waals surface area contributed by atoms with Crippen LogP contribution in [0.3, 0.4) is 0 Å². The summed E-state index contributed by atoms with van der Waals surface area (Å²) in [7, 11) is 0. The minimum atomic E-state index is -0.420. The Morgan fingerprint density at radius 3 is 1.96 bits per heavy atom. The molecule has 0 unspecified atom stereocenters. The summed E-state index contributed by atoms with van der Waals surface area (Å²) in [5, 5.41) is 0. The van der Waals surface area contributed by atoms with E-state index in [9.17, 15) is 9.59 Å². The third-order valence-electron chi connectivity index (χ3n) is 4.12. The summed E-state index contributed by atoms with van der Waals surface area (Å²) < 4.78 is 5.66. The monoisotopic (exact) mass is 374 g/mol. The highest BCUT2D eigenvalue weighted by molar-refractivity contribution is 5.83. The molecular weight excluding hydrogens is 352 g/mol. The van der Waals surface area contributed by atoms with Crippen LogP contribution in [0.4, 0.5) is 0 Å². The Bertz CT molecular complexity index is 911. The zero-order chi connectivity index (χ0) is 19.6. The number of hydrogen-bond acceptors (Lipinski definition) is 3. The van der Waals surface area contributed by atoms with Gasteiger partial charge in [-0.15, -0.1) is 0 Å². The molecular formula is C23H22N2O3. The molecule has 0 radical (unpaired) electrons. The number of nitrogens with one attached hydrogen (secondary N) is 2. The number of amides is 2. The van der Waals surface area contributed by atoms with Gasteiger partial charge in [0.15, 0.2) is 6.61 Å². The molecule has 3 rings (SSSR count). The highest BCUT2D eigenvalue weighted by Gasteiger charge is 2.09. The summed E-state index contributed by atoms with van der Waals surface area (Å²) in [5.41, 5.74) is 7.82. The van der Waals surface area contributed by atoms with Crippen LogP contribution in [-0.2, 0) is 22.4 Å². The number of rotatable bonds is 7. The maximum absolute atomic E-state index is 12.0. The predicted molar refractivity (Wildman–Crippen MR) is 108 cm³/mol. The Labute approximate surface area is 164 Å². The summed E-state index contributed by atoms with van der Waals surface area (Å²) in [6.45, 7) is -0.183. The van der Waals surface area contributed by atoms with Gasteiger partial charge in [0.2, 0.25) is 5.91 Å². The molecule has 0 aliphatic rings. The van der Waals surface area contributed by atoms with Gasteiger partial charge < -0.3 is 4.74 Å². The van der Waals surface area contributed by atoms with E-state index in [1.54, 1.807) is 0 Å². The van der Waals surface area contributed by atoms with Gasteiger partial charge in [0.25, 0.3) is 5.91 Å². The van der Waals surface area contributed by atoms with Crippen LogP contribution in [0.5, 0.6) is 5.75 Å². The Hall–Kier alpha value is -3.60. The average molecular weight is 374 g/mol. The van der Waals surface area contributed by atoms with E-state index in [0.29, 0.717) is 12.2 Å². The lowest BCUT2D eigenvalue weighted by atomic mass is 10.0. The van der Waals surface area contributed by atoms with Crippen molar-refractivity contribution in [1.29, 1.82) is 0 Å². The number of carbonyl (C=O) groups is 2. The molecule has 0 aliphatic carbocycles. The van der Waals surface area contributed by atoms with Gasteiger partial charge in [-0.3, -0.25) is 20.4 Å². The topological polar surface area (TPSA) is 67.4 Å². The van der Waals surface area contributed by atoms with Gasteiger partial charge in [0, 0.05) is 6.42 Å². The van der Waals surface area contributed by atoms with Crippen molar-refractivity contribution in [3.63, 3.8) is 0 Å². The molecule has 0 aliphatic heterocycles. The SMILES string of the molecule is O=C(COc1ccccc1Cc1ccccc1)NNC(=O)Cc1ccccc1. The molecule has 0 saturated heterocycles. The largest absolute Gasteiger partial charge is 0.483 e. The first-order valence-electron chi connectivity index (χ1n) is 9.07. The molecule has 0 saturated carbocycles. The van der Waals surface area contributed by atoms with Crippen molar-refractivity contribution in [2.75, 3.05) is 6.61 Å². The van der Waals surface area contributed by atoms with Gasteiger partial charge in [-0.1, -0.05) is 78.9 Å². The Morgan fingerprint density at radius 1 is 0.679 bits per heavy atom. The lowest BCUT2D eigenvalue weighted by Gasteiger charge is -2.12. The highest BCUT2D eigenvalue weighted by atomic mass is 16.5. The molecule has 0 atom stereocenters. The van der Waals surface area contributed by atoms with Gasteiger partial charge in [-0.2, -0.15) is 0 Å². The van der Waals surface area contributed by atoms with Gasteiger partial charge in [-0.05, 0) is 22.8 Å². The maximum atomic E-state index is 12.0. The summed E-state index contributed by atoms with van der Waals surface area (Å²) in [6.07, 6.45) is 0.911. The van der Waals surface area contributed by atoms with Gasteiger partial charge in [-0.25, -0.2) is 0 Å². The lowest BCUT2D eigenvalue weighted by molar-refractivity contribution is -0.129. The smallest absolute Gasteiger partial charge is 0.276 e. The lowest BCUT2D eigenvalue weighted by Crippen LogP contribution is -2.44. The number of ether oxygens (including phenoxy) is 1. The van der Waals surface area contributed by atoms with Gasteiger partial charge in [0.05, 0.1) is 6.42 Å². The molecule has 0 spiro atoms. The summed E-state index contributed by atoms with van der Waals surface area (Å²) in [4.78, 5) is 23.9. The number of hydrogen-bond donors (Lipinski definition) is 2. The van der Waals surface area contributed by atoms with Crippen molar-refractivity contribution in [1.82, 2.24) is 10.9 Å². The van der Waals surface area contributed by atoms with Crippen LogP contribution < -0.4 is 15.6 Å². The van der Waals surface area contributed by atoms with Crippen LogP contribution in [0, 0.1) is 0 Å². The zero-order valence-electron chi connectivity index (χ0n) is 15.4. The minimum absolute atomic E-state index is 0.183. The summed E-state index contributed by atoms with van der Waals surface area (Å²) in [6, 6.07) is 27.0. The molecule has 0 fully saturated rings. The molecule has 142 valence electrons. The zero-order valence-corrected chi connectivity index (χ0v) is 15.4. The Kier molecular flexibility index (Phi) is 6.79. The van der Waals surface area contributed by atoms with Gasteiger partial charge in [0.1, 0.15) is 5.75 Å². The molecule has 0 heterocycles. The molecule has 3 aromatic carbocycles. The first-order chi connectivity index (χ1) is 13.7. The van der Waals surface area contributed by atoms with E-state index in [1.165, 1.54) is 0 Å². The van der Waals surface area contributed by atoms with Crippen LogP contribution in [0.1, 0.15) is 16.7 Å². The van der Waals surface area contributed by atoms with E-state index < -0.39 is 5.91 Å². The fraction of sp³-hybridized carbons (Fsp3) is 0.130. The first kappa shape index (κ1) is 19.2. The second-order valence-corrected chi connectivity index (χ2v) is 6.32. The molecule has 28 heavy (non-hydrogen) atoms. The van der Waals surface area contributed by atoms with E-state index in [1.807, 2.05) is 84.9 Å². The van der Waals surface area contributed by atoms with E-state index in [2.05, 4.69) is 10.9 Å². The van der Waals surface area contributed by atoms with Crippen LogP contribution in [0.15, 0.2) is 84.9 Å². The van der Waals surface area contributed by atoms with E-state index in [4.69, 9.17) is 4.74 Å². The standard InChI is InChI=1S/C23H22N2O3/c26-22(16-19-11-5-2-6-12-19)24-25-23(27)17-28-21-14-8-7-13-20(21)15-18-9-3-1-4-10-18/h1-14H,15-17H2,(H,24,26)(H,25,27). The van der Waals surface area contributed by atoms with Crippen LogP contribution in [-0.4, -0.2) is 18.4 Å². The molecule has 5 nitrogen and oxygen atoms in total. The van der Waals surface area contributed by atoms with E-state index >= 15 is 0 Å². The molecule has 2 amide bonds. The fourth-order valence-corrected chi connectivity index (χ4v) is 2.75. The molecule has 0 aromatic heterocycles. The first-order valence-corrected chi connectivity index (χ1v) is 9.07. The molecule has 0 bridgehead atoms. The maximum Gasteiger partial charge on any atom is 0.276 e. The Morgan fingerprint density at radius 2 is 1.25 bits per heavy atom. The predicted octanol–water partition coefficient (Wildman–Crippen LogP) is 3.05.